The van der Waals surface area contributed by atoms with Crippen LogP contribution in [0.5, 0.6) is 0 Å². The number of aryl methyl sites for hydroxylation is 1. The summed E-state index contributed by atoms with van der Waals surface area (Å²) in [6.07, 6.45) is 2.44. The number of hydrogen-bond donors (Lipinski definition) is 2. The van der Waals surface area contributed by atoms with Crippen LogP contribution in [0.15, 0.2) is 24.3 Å². The zero-order valence-corrected chi connectivity index (χ0v) is 13.6. The fraction of sp³-hybridized carbons (Fsp3) is 0.529. The lowest BCUT2D eigenvalue weighted by molar-refractivity contribution is -0.125. The molecule has 22 heavy (non-hydrogen) atoms. The van der Waals surface area contributed by atoms with Crippen LogP contribution in [0.25, 0.3) is 0 Å². The van der Waals surface area contributed by atoms with Gasteiger partial charge in [-0.2, -0.15) is 0 Å². The SMILES string of the molecule is CCc1ccccc1NC(=O)N1CCC[C@H]1C(=O)NC(C)C. The third-order valence-corrected chi connectivity index (χ3v) is 3.89. The minimum atomic E-state index is -0.365. The highest BCUT2D eigenvalue weighted by Crippen LogP contribution is 2.21. The molecule has 0 radical (unpaired) electrons. The first-order chi connectivity index (χ1) is 10.5. The molecule has 2 rings (SSSR count). The monoisotopic (exact) mass is 303 g/mol. The molecular weight excluding hydrogens is 278 g/mol. The fourth-order valence-electron chi connectivity index (χ4n) is 2.80. The summed E-state index contributed by atoms with van der Waals surface area (Å²) in [7, 11) is 0. The highest BCUT2D eigenvalue weighted by molar-refractivity contribution is 5.94. The van der Waals surface area contributed by atoms with Gasteiger partial charge < -0.3 is 15.5 Å². The first kappa shape index (κ1) is 16.3. The van der Waals surface area contributed by atoms with Gasteiger partial charge in [-0.05, 0) is 44.7 Å². The van der Waals surface area contributed by atoms with Crippen LogP contribution in [0, 0.1) is 0 Å². The van der Waals surface area contributed by atoms with E-state index < -0.39 is 0 Å². The van der Waals surface area contributed by atoms with E-state index >= 15 is 0 Å². The topological polar surface area (TPSA) is 61.4 Å². The van der Waals surface area contributed by atoms with Crippen LogP contribution < -0.4 is 10.6 Å². The Balaban J connectivity index is 2.06. The van der Waals surface area contributed by atoms with E-state index in [4.69, 9.17) is 0 Å². The molecule has 1 heterocycles. The van der Waals surface area contributed by atoms with Crippen molar-refractivity contribution >= 4 is 17.6 Å². The molecule has 1 aliphatic heterocycles. The van der Waals surface area contributed by atoms with Crippen LogP contribution in [0.2, 0.25) is 0 Å². The van der Waals surface area contributed by atoms with Crippen LogP contribution in [0.1, 0.15) is 39.2 Å². The molecule has 0 aliphatic carbocycles. The maximum absolute atomic E-state index is 12.5. The van der Waals surface area contributed by atoms with Gasteiger partial charge in [-0.3, -0.25) is 4.79 Å². The van der Waals surface area contributed by atoms with Crippen molar-refractivity contribution in [1.82, 2.24) is 10.2 Å². The van der Waals surface area contributed by atoms with Crippen molar-refractivity contribution in [3.8, 4) is 0 Å². The van der Waals surface area contributed by atoms with Crippen molar-refractivity contribution in [2.24, 2.45) is 0 Å². The standard InChI is InChI=1S/C17H25N3O2/c1-4-13-8-5-6-9-14(13)19-17(22)20-11-7-10-15(20)16(21)18-12(2)3/h5-6,8-9,12,15H,4,7,10-11H2,1-3H3,(H,18,21)(H,19,22)/t15-/m0/s1. The lowest BCUT2D eigenvalue weighted by atomic mass is 10.1. The molecule has 0 saturated carbocycles. The third-order valence-electron chi connectivity index (χ3n) is 3.89. The first-order valence-electron chi connectivity index (χ1n) is 7.98. The van der Waals surface area contributed by atoms with E-state index in [2.05, 4.69) is 17.6 Å². The zero-order chi connectivity index (χ0) is 16.1. The van der Waals surface area contributed by atoms with Crippen molar-refractivity contribution in [2.75, 3.05) is 11.9 Å². The number of amides is 3. The minimum absolute atomic E-state index is 0.0635. The van der Waals surface area contributed by atoms with Gasteiger partial charge in [0.2, 0.25) is 5.91 Å². The number of anilines is 1. The van der Waals surface area contributed by atoms with Crippen LogP contribution in [-0.2, 0) is 11.2 Å². The molecule has 5 nitrogen and oxygen atoms in total. The minimum Gasteiger partial charge on any atom is -0.352 e. The highest BCUT2D eigenvalue weighted by atomic mass is 16.2. The number of nitrogens with one attached hydrogen (secondary N) is 2. The number of rotatable bonds is 4. The molecule has 1 aromatic carbocycles. The van der Waals surface area contributed by atoms with Crippen molar-refractivity contribution in [1.29, 1.82) is 0 Å². The molecule has 1 atom stereocenters. The van der Waals surface area contributed by atoms with Gasteiger partial charge in [0.1, 0.15) is 6.04 Å². The van der Waals surface area contributed by atoms with E-state index in [0.29, 0.717) is 6.54 Å². The summed E-state index contributed by atoms with van der Waals surface area (Å²) in [5, 5.41) is 5.84. The molecule has 1 saturated heterocycles. The van der Waals surface area contributed by atoms with E-state index in [0.717, 1.165) is 30.5 Å². The number of likely N-dealkylation sites (tertiary alicyclic amines) is 1. The average molecular weight is 303 g/mol. The molecule has 0 aromatic heterocycles. The summed E-state index contributed by atoms with van der Waals surface area (Å²) in [6, 6.07) is 7.29. The molecule has 0 spiro atoms. The largest absolute Gasteiger partial charge is 0.352 e. The van der Waals surface area contributed by atoms with Crippen LogP contribution in [0.4, 0.5) is 10.5 Å². The Morgan fingerprint density at radius 2 is 2.05 bits per heavy atom. The summed E-state index contributed by atoms with van der Waals surface area (Å²) in [4.78, 5) is 26.4. The van der Waals surface area contributed by atoms with Crippen LogP contribution in [-0.4, -0.2) is 35.5 Å². The Kier molecular flexibility index (Phi) is 5.41. The number of carbonyl (C=O) groups is 2. The Morgan fingerprint density at radius 1 is 1.32 bits per heavy atom. The second-order valence-electron chi connectivity index (χ2n) is 5.96. The van der Waals surface area contributed by atoms with Gasteiger partial charge in [0.05, 0.1) is 0 Å². The number of para-hydroxylation sites is 1. The molecule has 0 unspecified atom stereocenters. The van der Waals surface area contributed by atoms with Crippen molar-refractivity contribution in [3.05, 3.63) is 29.8 Å². The van der Waals surface area contributed by atoms with Gasteiger partial charge >= 0.3 is 6.03 Å². The Hall–Kier alpha value is -2.04. The molecule has 3 amide bonds. The molecular formula is C17H25N3O2. The third kappa shape index (κ3) is 3.78. The van der Waals surface area contributed by atoms with Gasteiger partial charge in [-0.1, -0.05) is 25.1 Å². The lowest BCUT2D eigenvalue weighted by Crippen LogP contribution is -2.49. The predicted octanol–water partition coefficient (Wildman–Crippen LogP) is 2.77. The normalized spacial score (nSPS) is 17.6. The smallest absolute Gasteiger partial charge is 0.322 e. The number of benzene rings is 1. The van der Waals surface area contributed by atoms with Crippen molar-refractivity contribution in [3.63, 3.8) is 0 Å². The summed E-state index contributed by atoms with van der Waals surface area (Å²) >= 11 is 0. The predicted molar refractivity (Wildman–Crippen MR) is 87.8 cm³/mol. The van der Waals surface area contributed by atoms with Crippen LogP contribution in [0.3, 0.4) is 0 Å². The van der Waals surface area contributed by atoms with Gasteiger partial charge in [0.15, 0.2) is 0 Å². The fourth-order valence-corrected chi connectivity index (χ4v) is 2.80. The quantitative estimate of drug-likeness (QED) is 0.898. The maximum atomic E-state index is 12.5. The summed E-state index contributed by atoms with van der Waals surface area (Å²) in [5.74, 6) is -0.0635. The average Bonchev–Trinajstić information content (AvgIpc) is 2.96. The Labute approximate surface area is 132 Å². The Bertz CT molecular complexity index is 542. The van der Waals surface area contributed by atoms with E-state index in [1.165, 1.54) is 0 Å². The molecule has 1 fully saturated rings. The maximum Gasteiger partial charge on any atom is 0.322 e. The van der Waals surface area contributed by atoms with Gasteiger partial charge in [0, 0.05) is 18.3 Å². The molecule has 1 aliphatic rings. The van der Waals surface area contributed by atoms with Crippen molar-refractivity contribution in [2.45, 2.75) is 52.1 Å². The van der Waals surface area contributed by atoms with Gasteiger partial charge in [-0.15, -0.1) is 0 Å². The summed E-state index contributed by atoms with van der Waals surface area (Å²) < 4.78 is 0. The molecule has 5 heteroatoms. The number of hydrogen-bond acceptors (Lipinski definition) is 2. The lowest BCUT2D eigenvalue weighted by Gasteiger charge is -2.25. The zero-order valence-electron chi connectivity index (χ0n) is 13.6. The second-order valence-corrected chi connectivity index (χ2v) is 5.96. The summed E-state index contributed by atoms with van der Waals surface area (Å²) in [5.41, 5.74) is 1.92. The Morgan fingerprint density at radius 3 is 2.73 bits per heavy atom. The van der Waals surface area contributed by atoms with E-state index in [-0.39, 0.29) is 24.0 Å². The highest BCUT2D eigenvalue weighted by Gasteiger charge is 2.34. The van der Waals surface area contributed by atoms with E-state index in [9.17, 15) is 9.59 Å². The van der Waals surface area contributed by atoms with E-state index in [1.54, 1.807) is 4.90 Å². The number of carbonyl (C=O) groups excluding carboxylic acids is 2. The molecule has 1 aromatic rings. The molecule has 2 N–H and O–H groups in total. The van der Waals surface area contributed by atoms with Gasteiger partial charge in [-0.25, -0.2) is 4.79 Å². The second kappa shape index (κ2) is 7.29. The molecule has 0 bridgehead atoms. The number of urea groups is 1. The van der Waals surface area contributed by atoms with Crippen LogP contribution >= 0.6 is 0 Å². The van der Waals surface area contributed by atoms with Crippen molar-refractivity contribution < 1.29 is 9.59 Å². The number of nitrogens with zero attached hydrogens (tertiary/aromatic N) is 1. The van der Waals surface area contributed by atoms with E-state index in [1.807, 2.05) is 38.1 Å². The van der Waals surface area contributed by atoms with Gasteiger partial charge in [0.25, 0.3) is 0 Å². The summed E-state index contributed by atoms with van der Waals surface area (Å²) in [6.45, 7) is 6.53. The molecule has 120 valence electrons. The first-order valence-corrected chi connectivity index (χ1v) is 7.98.